The van der Waals surface area contributed by atoms with Crippen LogP contribution in [0, 0.1) is 5.92 Å². The van der Waals surface area contributed by atoms with Gasteiger partial charge in [0.1, 0.15) is 0 Å². The number of allylic oxidation sites excluding steroid dienone is 1. The van der Waals surface area contributed by atoms with Gasteiger partial charge in [-0.3, -0.25) is 10.1 Å². The molecule has 2 N–H and O–H groups in total. The molecule has 0 aliphatic carbocycles. The Kier molecular flexibility index (Phi) is 4.51. The molecule has 1 aromatic heterocycles. The van der Waals surface area contributed by atoms with E-state index in [4.69, 9.17) is 0 Å². The first kappa shape index (κ1) is 12.2. The molecule has 1 aromatic rings. The Morgan fingerprint density at radius 3 is 2.94 bits per heavy atom. The van der Waals surface area contributed by atoms with Gasteiger partial charge in [-0.25, -0.2) is 0 Å². The number of nitrogens with zero attached hydrogens (tertiary/aromatic N) is 2. The van der Waals surface area contributed by atoms with Crippen LogP contribution in [0.5, 0.6) is 0 Å². The second kappa shape index (κ2) is 5.90. The third kappa shape index (κ3) is 4.13. The lowest BCUT2D eigenvalue weighted by Gasteiger charge is -2.02. The molecule has 4 heteroatoms. The van der Waals surface area contributed by atoms with Gasteiger partial charge in [0.25, 0.3) is 0 Å². The van der Waals surface area contributed by atoms with E-state index < -0.39 is 0 Å². The number of nitrogens with one attached hydrogen (secondary N) is 2. The van der Waals surface area contributed by atoms with E-state index in [1.54, 1.807) is 12.4 Å². The zero-order valence-electron chi connectivity index (χ0n) is 9.99. The molecule has 0 aromatic carbocycles. The van der Waals surface area contributed by atoms with Crippen molar-refractivity contribution < 1.29 is 0 Å². The first-order chi connectivity index (χ1) is 7.59. The van der Waals surface area contributed by atoms with Crippen molar-refractivity contribution in [3.8, 4) is 0 Å². The van der Waals surface area contributed by atoms with Crippen molar-refractivity contribution in [2.75, 3.05) is 5.32 Å². The van der Waals surface area contributed by atoms with Crippen LogP contribution in [0.3, 0.4) is 0 Å². The van der Waals surface area contributed by atoms with E-state index in [1.165, 1.54) is 0 Å². The molecule has 0 atom stereocenters. The fourth-order valence-electron chi connectivity index (χ4n) is 0.930. The van der Waals surface area contributed by atoms with Gasteiger partial charge in [-0.2, -0.15) is 5.10 Å². The molecule has 4 nitrogen and oxygen atoms in total. The van der Waals surface area contributed by atoms with Crippen molar-refractivity contribution >= 4 is 11.5 Å². The van der Waals surface area contributed by atoms with Crippen LogP contribution < -0.4 is 5.32 Å². The number of anilines is 1. The summed E-state index contributed by atoms with van der Waals surface area (Å²) in [7, 11) is 0. The molecule has 16 heavy (non-hydrogen) atoms. The summed E-state index contributed by atoms with van der Waals surface area (Å²) >= 11 is 0. The molecule has 0 spiro atoms. The van der Waals surface area contributed by atoms with Crippen molar-refractivity contribution in [3.63, 3.8) is 0 Å². The van der Waals surface area contributed by atoms with Crippen molar-refractivity contribution in [3.05, 3.63) is 36.8 Å². The molecule has 0 saturated carbocycles. The van der Waals surface area contributed by atoms with Gasteiger partial charge < -0.3 is 5.32 Å². The Morgan fingerprint density at radius 2 is 2.38 bits per heavy atom. The standard InChI is InChI=1S/C12H18N4/c1-9(2)11(4)13-7-5-10(3)15-12-6-8-14-16-12/h5-9H,3H2,1-2,4H3,(H2,14,15,16)/b7-5-,13-11+. The van der Waals surface area contributed by atoms with E-state index in [9.17, 15) is 0 Å². The molecule has 0 amide bonds. The SMILES string of the molecule is C=C(/C=C\N=C(/C)C(C)C)Nc1cc[nH]n1. The maximum atomic E-state index is 4.30. The van der Waals surface area contributed by atoms with Gasteiger partial charge in [0.15, 0.2) is 5.82 Å². The van der Waals surface area contributed by atoms with Crippen LogP contribution in [-0.2, 0) is 0 Å². The lowest BCUT2D eigenvalue weighted by Crippen LogP contribution is -2.00. The van der Waals surface area contributed by atoms with Crippen LogP contribution >= 0.6 is 0 Å². The van der Waals surface area contributed by atoms with Crippen LogP contribution in [0.1, 0.15) is 20.8 Å². The fraction of sp³-hybridized carbons (Fsp3) is 0.333. The molecule has 0 bridgehead atoms. The van der Waals surface area contributed by atoms with Crippen LogP contribution in [0.15, 0.2) is 41.8 Å². The Hall–Kier alpha value is -1.84. The summed E-state index contributed by atoms with van der Waals surface area (Å²) in [6, 6.07) is 1.83. The van der Waals surface area contributed by atoms with Gasteiger partial charge >= 0.3 is 0 Å². The summed E-state index contributed by atoms with van der Waals surface area (Å²) in [6.07, 6.45) is 5.32. The minimum atomic E-state index is 0.470. The Morgan fingerprint density at radius 1 is 1.62 bits per heavy atom. The molecular weight excluding hydrogens is 200 g/mol. The van der Waals surface area contributed by atoms with Gasteiger partial charge in [-0.05, 0) is 18.9 Å². The summed E-state index contributed by atoms with van der Waals surface area (Å²) in [4.78, 5) is 4.30. The largest absolute Gasteiger partial charge is 0.339 e. The van der Waals surface area contributed by atoms with Crippen LogP contribution in [0.4, 0.5) is 5.82 Å². The summed E-state index contributed by atoms with van der Waals surface area (Å²) in [5, 5.41) is 9.71. The van der Waals surface area contributed by atoms with Crippen LogP contribution in [0.25, 0.3) is 0 Å². The number of hydrogen-bond acceptors (Lipinski definition) is 3. The number of rotatable bonds is 5. The van der Waals surface area contributed by atoms with Crippen molar-refractivity contribution in [2.24, 2.45) is 10.9 Å². The zero-order chi connectivity index (χ0) is 12.0. The molecule has 86 valence electrons. The zero-order valence-corrected chi connectivity index (χ0v) is 9.99. The Bertz CT molecular complexity index is 385. The van der Waals surface area contributed by atoms with E-state index in [-0.39, 0.29) is 0 Å². The quantitative estimate of drug-likeness (QED) is 0.589. The topological polar surface area (TPSA) is 53.1 Å². The molecule has 0 unspecified atom stereocenters. The number of hydrogen-bond donors (Lipinski definition) is 2. The van der Waals surface area contributed by atoms with Gasteiger partial charge in [-0.15, -0.1) is 0 Å². The number of aromatic nitrogens is 2. The van der Waals surface area contributed by atoms with E-state index in [1.807, 2.05) is 19.1 Å². The fourth-order valence-corrected chi connectivity index (χ4v) is 0.930. The number of H-pyrrole nitrogens is 1. The average Bonchev–Trinajstić information content (AvgIpc) is 2.70. The van der Waals surface area contributed by atoms with Crippen LogP contribution in [-0.4, -0.2) is 15.9 Å². The molecular formula is C12H18N4. The highest BCUT2D eigenvalue weighted by Crippen LogP contribution is 2.04. The molecule has 0 radical (unpaired) electrons. The monoisotopic (exact) mass is 218 g/mol. The van der Waals surface area contributed by atoms with Crippen molar-refractivity contribution in [1.82, 2.24) is 10.2 Å². The van der Waals surface area contributed by atoms with Gasteiger partial charge in [0, 0.05) is 29.9 Å². The minimum Gasteiger partial charge on any atom is -0.339 e. The van der Waals surface area contributed by atoms with Gasteiger partial charge in [0.2, 0.25) is 0 Å². The van der Waals surface area contributed by atoms with Gasteiger partial charge in [-0.1, -0.05) is 20.4 Å². The predicted molar refractivity (Wildman–Crippen MR) is 68.4 cm³/mol. The molecule has 0 saturated heterocycles. The molecule has 1 heterocycles. The first-order valence-electron chi connectivity index (χ1n) is 5.26. The molecule has 1 rings (SSSR count). The summed E-state index contributed by atoms with van der Waals surface area (Å²) in [6.45, 7) is 10.1. The average molecular weight is 218 g/mol. The third-order valence-electron chi connectivity index (χ3n) is 2.18. The lowest BCUT2D eigenvalue weighted by atomic mass is 10.1. The maximum Gasteiger partial charge on any atom is 0.152 e. The maximum absolute atomic E-state index is 4.30. The summed E-state index contributed by atoms with van der Waals surface area (Å²) < 4.78 is 0. The third-order valence-corrected chi connectivity index (χ3v) is 2.18. The van der Waals surface area contributed by atoms with E-state index in [2.05, 4.69) is 40.9 Å². The number of aromatic amines is 1. The van der Waals surface area contributed by atoms with E-state index in [0.717, 1.165) is 17.2 Å². The second-order valence-electron chi connectivity index (χ2n) is 3.85. The first-order valence-corrected chi connectivity index (χ1v) is 5.26. The Labute approximate surface area is 96.2 Å². The van der Waals surface area contributed by atoms with Crippen LogP contribution in [0.2, 0.25) is 0 Å². The normalized spacial score (nSPS) is 12.4. The highest BCUT2D eigenvalue weighted by Gasteiger charge is 1.95. The second-order valence-corrected chi connectivity index (χ2v) is 3.85. The van der Waals surface area contributed by atoms with E-state index in [0.29, 0.717) is 5.92 Å². The summed E-state index contributed by atoms with van der Waals surface area (Å²) in [5.74, 6) is 1.22. The highest BCUT2D eigenvalue weighted by atomic mass is 15.2. The summed E-state index contributed by atoms with van der Waals surface area (Å²) in [5.41, 5.74) is 1.86. The molecule has 0 aliphatic heterocycles. The van der Waals surface area contributed by atoms with E-state index >= 15 is 0 Å². The molecule has 0 aliphatic rings. The number of aliphatic imine (C=N–C) groups is 1. The lowest BCUT2D eigenvalue weighted by molar-refractivity contribution is 0.878. The molecule has 0 fully saturated rings. The Balaban J connectivity index is 2.46. The van der Waals surface area contributed by atoms with Crippen molar-refractivity contribution in [1.29, 1.82) is 0 Å². The van der Waals surface area contributed by atoms with Gasteiger partial charge in [0.05, 0.1) is 0 Å². The van der Waals surface area contributed by atoms with Crippen molar-refractivity contribution in [2.45, 2.75) is 20.8 Å². The smallest absolute Gasteiger partial charge is 0.152 e. The minimum absolute atomic E-state index is 0.470. The predicted octanol–water partition coefficient (Wildman–Crippen LogP) is 2.97. The highest BCUT2D eigenvalue weighted by molar-refractivity contribution is 5.84.